The standard InChI is InChI=1S/C10H22N2/c1-8(2)10(11)7-12(3)6-9-4-5-9/h8-10H,4-7,11H2,1-3H3. The van der Waals surface area contributed by atoms with Crippen LogP contribution in [0.25, 0.3) is 0 Å². The van der Waals surface area contributed by atoms with E-state index in [4.69, 9.17) is 5.73 Å². The quantitative estimate of drug-likeness (QED) is 0.674. The van der Waals surface area contributed by atoms with Crippen LogP contribution in [-0.4, -0.2) is 31.1 Å². The molecular formula is C10H22N2. The topological polar surface area (TPSA) is 29.3 Å². The number of rotatable bonds is 5. The van der Waals surface area contributed by atoms with Gasteiger partial charge in [0.05, 0.1) is 0 Å². The van der Waals surface area contributed by atoms with E-state index in [1.807, 2.05) is 0 Å². The Hall–Kier alpha value is -0.0800. The fourth-order valence-corrected chi connectivity index (χ4v) is 1.39. The van der Waals surface area contributed by atoms with Crippen LogP contribution in [0.15, 0.2) is 0 Å². The zero-order chi connectivity index (χ0) is 9.14. The van der Waals surface area contributed by atoms with Gasteiger partial charge in [-0.1, -0.05) is 13.8 Å². The van der Waals surface area contributed by atoms with Crippen LogP contribution in [0.1, 0.15) is 26.7 Å². The molecule has 0 aromatic rings. The van der Waals surface area contributed by atoms with Gasteiger partial charge in [0, 0.05) is 19.1 Å². The fourth-order valence-electron chi connectivity index (χ4n) is 1.39. The van der Waals surface area contributed by atoms with E-state index >= 15 is 0 Å². The van der Waals surface area contributed by atoms with Crippen LogP contribution in [0.2, 0.25) is 0 Å². The van der Waals surface area contributed by atoms with Gasteiger partial charge in [-0.25, -0.2) is 0 Å². The zero-order valence-corrected chi connectivity index (χ0v) is 8.59. The summed E-state index contributed by atoms with van der Waals surface area (Å²) in [5.74, 6) is 1.58. The highest BCUT2D eigenvalue weighted by Gasteiger charge is 2.23. The molecular weight excluding hydrogens is 148 g/mol. The Morgan fingerprint density at radius 3 is 2.42 bits per heavy atom. The fraction of sp³-hybridized carbons (Fsp3) is 1.00. The molecule has 1 fully saturated rings. The third kappa shape index (κ3) is 3.55. The van der Waals surface area contributed by atoms with Crippen molar-refractivity contribution in [1.82, 2.24) is 4.90 Å². The third-order valence-electron chi connectivity index (χ3n) is 2.65. The van der Waals surface area contributed by atoms with Gasteiger partial charge in [0.2, 0.25) is 0 Å². The summed E-state index contributed by atoms with van der Waals surface area (Å²) in [7, 11) is 2.18. The predicted molar refractivity (Wildman–Crippen MR) is 53.0 cm³/mol. The zero-order valence-electron chi connectivity index (χ0n) is 8.59. The van der Waals surface area contributed by atoms with E-state index in [-0.39, 0.29) is 0 Å². The highest BCUT2D eigenvalue weighted by Crippen LogP contribution is 2.29. The molecule has 1 unspecified atom stereocenters. The Balaban J connectivity index is 2.10. The smallest absolute Gasteiger partial charge is 0.0191 e. The monoisotopic (exact) mass is 170 g/mol. The van der Waals surface area contributed by atoms with Crippen molar-refractivity contribution >= 4 is 0 Å². The first kappa shape index (κ1) is 10.0. The lowest BCUT2D eigenvalue weighted by atomic mass is 10.1. The number of likely N-dealkylation sites (N-methyl/N-ethyl adjacent to an activating group) is 1. The first-order valence-electron chi connectivity index (χ1n) is 5.03. The maximum Gasteiger partial charge on any atom is 0.0191 e. The second-order valence-corrected chi connectivity index (χ2v) is 4.57. The van der Waals surface area contributed by atoms with Crippen LogP contribution in [-0.2, 0) is 0 Å². The van der Waals surface area contributed by atoms with Crippen LogP contribution in [0.5, 0.6) is 0 Å². The van der Waals surface area contributed by atoms with Gasteiger partial charge in [-0.3, -0.25) is 0 Å². The van der Waals surface area contributed by atoms with Gasteiger partial charge in [0.15, 0.2) is 0 Å². The van der Waals surface area contributed by atoms with Crippen molar-refractivity contribution < 1.29 is 0 Å². The van der Waals surface area contributed by atoms with Gasteiger partial charge in [0.1, 0.15) is 0 Å². The van der Waals surface area contributed by atoms with Crippen LogP contribution < -0.4 is 5.73 Å². The minimum Gasteiger partial charge on any atom is -0.326 e. The first-order chi connectivity index (χ1) is 5.59. The molecule has 1 aliphatic rings. The van der Waals surface area contributed by atoms with E-state index < -0.39 is 0 Å². The van der Waals surface area contributed by atoms with Gasteiger partial charge in [-0.2, -0.15) is 0 Å². The molecule has 0 aromatic carbocycles. The van der Waals surface area contributed by atoms with E-state index in [9.17, 15) is 0 Å². The Morgan fingerprint density at radius 1 is 1.42 bits per heavy atom. The first-order valence-corrected chi connectivity index (χ1v) is 5.03. The second-order valence-electron chi connectivity index (χ2n) is 4.57. The van der Waals surface area contributed by atoms with Crippen molar-refractivity contribution in [3.8, 4) is 0 Å². The largest absolute Gasteiger partial charge is 0.326 e. The van der Waals surface area contributed by atoms with Crippen molar-refractivity contribution in [2.45, 2.75) is 32.7 Å². The molecule has 0 saturated heterocycles. The molecule has 1 atom stereocenters. The molecule has 12 heavy (non-hydrogen) atoms. The average Bonchev–Trinajstić information content (AvgIpc) is 2.71. The molecule has 0 aromatic heterocycles. The molecule has 1 aliphatic carbocycles. The van der Waals surface area contributed by atoms with E-state index in [1.54, 1.807) is 0 Å². The molecule has 2 nitrogen and oxygen atoms in total. The third-order valence-corrected chi connectivity index (χ3v) is 2.65. The maximum atomic E-state index is 5.97. The minimum atomic E-state index is 0.341. The average molecular weight is 170 g/mol. The highest BCUT2D eigenvalue weighted by molar-refractivity contribution is 4.78. The molecule has 0 aliphatic heterocycles. The lowest BCUT2D eigenvalue weighted by Crippen LogP contribution is -2.39. The molecule has 0 spiro atoms. The van der Waals surface area contributed by atoms with Crippen molar-refractivity contribution in [3.05, 3.63) is 0 Å². The van der Waals surface area contributed by atoms with Gasteiger partial charge in [-0.15, -0.1) is 0 Å². The Bertz CT molecular complexity index is 130. The molecule has 2 heteroatoms. The molecule has 72 valence electrons. The van der Waals surface area contributed by atoms with Gasteiger partial charge in [0.25, 0.3) is 0 Å². The molecule has 1 saturated carbocycles. The second kappa shape index (κ2) is 4.24. The van der Waals surface area contributed by atoms with E-state index in [1.165, 1.54) is 19.4 Å². The van der Waals surface area contributed by atoms with E-state index in [0.29, 0.717) is 12.0 Å². The number of hydrogen-bond acceptors (Lipinski definition) is 2. The summed E-state index contributed by atoms with van der Waals surface area (Å²) in [5, 5.41) is 0. The highest BCUT2D eigenvalue weighted by atomic mass is 15.1. The van der Waals surface area contributed by atoms with Crippen molar-refractivity contribution in [2.24, 2.45) is 17.6 Å². The van der Waals surface area contributed by atoms with E-state index in [0.717, 1.165) is 12.5 Å². The number of nitrogens with two attached hydrogens (primary N) is 1. The molecule has 2 N–H and O–H groups in total. The molecule has 1 rings (SSSR count). The minimum absolute atomic E-state index is 0.341. The molecule has 0 bridgehead atoms. The Kier molecular flexibility index (Phi) is 3.53. The van der Waals surface area contributed by atoms with Gasteiger partial charge < -0.3 is 10.6 Å². The van der Waals surface area contributed by atoms with Gasteiger partial charge in [-0.05, 0) is 31.7 Å². The van der Waals surface area contributed by atoms with Gasteiger partial charge >= 0.3 is 0 Å². The Labute approximate surface area is 76.1 Å². The summed E-state index contributed by atoms with van der Waals surface area (Å²) in [4.78, 5) is 2.38. The van der Waals surface area contributed by atoms with Crippen LogP contribution in [0.3, 0.4) is 0 Å². The molecule has 0 amide bonds. The summed E-state index contributed by atoms with van der Waals surface area (Å²) >= 11 is 0. The molecule has 0 radical (unpaired) electrons. The lowest BCUT2D eigenvalue weighted by Gasteiger charge is -2.23. The molecule has 0 heterocycles. The summed E-state index contributed by atoms with van der Waals surface area (Å²) in [6.07, 6.45) is 2.86. The summed E-state index contributed by atoms with van der Waals surface area (Å²) in [6.45, 7) is 6.68. The van der Waals surface area contributed by atoms with Crippen LogP contribution in [0.4, 0.5) is 0 Å². The van der Waals surface area contributed by atoms with Crippen molar-refractivity contribution in [3.63, 3.8) is 0 Å². The predicted octanol–water partition coefficient (Wildman–Crippen LogP) is 1.31. The number of hydrogen-bond donors (Lipinski definition) is 1. The Morgan fingerprint density at radius 2 is 2.00 bits per heavy atom. The summed E-state index contributed by atoms with van der Waals surface area (Å²) in [5.41, 5.74) is 5.97. The maximum absolute atomic E-state index is 5.97. The van der Waals surface area contributed by atoms with Crippen molar-refractivity contribution in [1.29, 1.82) is 0 Å². The summed E-state index contributed by atoms with van der Waals surface area (Å²) < 4.78 is 0. The van der Waals surface area contributed by atoms with E-state index in [2.05, 4.69) is 25.8 Å². The normalized spacial score (nSPS) is 20.5. The van der Waals surface area contributed by atoms with Crippen molar-refractivity contribution in [2.75, 3.05) is 20.1 Å². The van der Waals surface area contributed by atoms with Crippen LogP contribution in [0, 0.1) is 11.8 Å². The summed E-state index contributed by atoms with van der Waals surface area (Å²) in [6, 6.07) is 0.341. The number of nitrogens with zero attached hydrogens (tertiary/aromatic N) is 1. The SMILES string of the molecule is CC(C)C(N)CN(C)CC1CC1. The van der Waals surface area contributed by atoms with Crippen LogP contribution >= 0.6 is 0 Å². The lowest BCUT2D eigenvalue weighted by molar-refractivity contribution is 0.274.